The lowest BCUT2D eigenvalue weighted by atomic mass is 10.1. The van der Waals surface area contributed by atoms with Crippen LogP contribution in [-0.4, -0.2) is 29.1 Å². The van der Waals surface area contributed by atoms with Gasteiger partial charge in [0.15, 0.2) is 17.3 Å². The van der Waals surface area contributed by atoms with E-state index in [1.165, 1.54) is 30.1 Å². The molecule has 0 saturated heterocycles. The molecule has 2 aromatic heterocycles. The van der Waals surface area contributed by atoms with Crippen molar-refractivity contribution in [1.29, 1.82) is 0 Å². The lowest BCUT2D eigenvalue weighted by Gasteiger charge is -2.13. The number of fused-ring (bicyclic) bond motifs is 1. The van der Waals surface area contributed by atoms with Crippen LogP contribution in [0.5, 0.6) is 11.5 Å². The molecule has 4 rings (SSSR count). The number of carbonyl (C=O) groups excluding carboxylic acids is 1. The monoisotopic (exact) mass is 436 g/mol. The average molecular weight is 436 g/mol. The van der Waals surface area contributed by atoms with E-state index in [1.54, 1.807) is 54.6 Å². The molecule has 0 N–H and O–H groups in total. The first kappa shape index (κ1) is 20.6. The molecule has 7 nitrogen and oxygen atoms in total. The van der Waals surface area contributed by atoms with Crippen LogP contribution in [0.2, 0.25) is 0 Å². The maximum Gasteiger partial charge on any atom is 0.337 e. The summed E-state index contributed by atoms with van der Waals surface area (Å²) in [5.74, 6) is 0.644. The van der Waals surface area contributed by atoms with Crippen LogP contribution in [0, 0.1) is 6.92 Å². The number of carbonyl (C=O) groups is 1. The fraction of sp³-hybridized carbons (Fsp3) is 0.174. The van der Waals surface area contributed by atoms with Gasteiger partial charge in [-0.1, -0.05) is 18.2 Å². The Bertz CT molecular complexity index is 1400. The van der Waals surface area contributed by atoms with Gasteiger partial charge in [-0.3, -0.25) is 14.2 Å². The zero-order chi connectivity index (χ0) is 22.1. The SMILES string of the molecule is COc1ccc(C(=O)Cn2c(=O)n(-c3ccccc3)c(=O)c3cc(C)sc32)cc1OC. The molecule has 4 aromatic rings. The summed E-state index contributed by atoms with van der Waals surface area (Å²) in [6.07, 6.45) is 0. The van der Waals surface area contributed by atoms with Gasteiger partial charge in [0.05, 0.1) is 31.8 Å². The second-order valence-corrected chi connectivity index (χ2v) is 8.15. The number of ether oxygens (including phenoxy) is 2. The van der Waals surface area contributed by atoms with Crippen LogP contribution in [0.3, 0.4) is 0 Å². The van der Waals surface area contributed by atoms with Crippen molar-refractivity contribution in [2.45, 2.75) is 13.5 Å². The second kappa shape index (κ2) is 8.23. The molecule has 0 bridgehead atoms. The van der Waals surface area contributed by atoms with Crippen molar-refractivity contribution < 1.29 is 14.3 Å². The van der Waals surface area contributed by atoms with E-state index in [0.717, 1.165) is 9.44 Å². The average Bonchev–Trinajstić information content (AvgIpc) is 3.18. The standard InChI is InChI=1S/C23H20N2O5S/c1-14-11-17-21(27)25(16-7-5-4-6-8-16)23(28)24(22(17)31-14)13-18(26)15-9-10-19(29-2)20(12-15)30-3/h4-12H,13H2,1-3H3. The molecule has 2 heterocycles. The Morgan fingerprint density at radius 3 is 2.35 bits per heavy atom. The minimum absolute atomic E-state index is 0.210. The van der Waals surface area contributed by atoms with Crippen molar-refractivity contribution in [2.75, 3.05) is 14.2 Å². The highest BCUT2D eigenvalue weighted by molar-refractivity contribution is 7.18. The van der Waals surface area contributed by atoms with Crippen LogP contribution in [0.1, 0.15) is 15.2 Å². The summed E-state index contributed by atoms with van der Waals surface area (Å²) in [4.78, 5) is 40.8. The topological polar surface area (TPSA) is 79.5 Å². The van der Waals surface area contributed by atoms with Crippen molar-refractivity contribution in [3.8, 4) is 17.2 Å². The van der Waals surface area contributed by atoms with Crippen LogP contribution in [0.25, 0.3) is 15.9 Å². The molecule has 31 heavy (non-hydrogen) atoms. The predicted octanol–water partition coefficient (Wildman–Crippen LogP) is 3.42. The van der Waals surface area contributed by atoms with Crippen LogP contribution in [0.15, 0.2) is 64.2 Å². The minimum atomic E-state index is -0.556. The number of hydrogen-bond acceptors (Lipinski definition) is 6. The van der Waals surface area contributed by atoms with Crippen molar-refractivity contribution in [3.63, 3.8) is 0 Å². The highest BCUT2D eigenvalue weighted by Crippen LogP contribution is 2.28. The van der Waals surface area contributed by atoms with Crippen LogP contribution >= 0.6 is 11.3 Å². The summed E-state index contributed by atoms with van der Waals surface area (Å²) in [7, 11) is 3.01. The zero-order valence-electron chi connectivity index (χ0n) is 17.2. The van der Waals surface area contributed by atoms with Crippen molar-refractivity contribution >= 4 is 27.3 Å². The quantitative estimate of drug-likeness (QED) is 0.433. The van der Waals surface area contributed by atoms with E-state index in [9.17, 15) is 14.4 Å². The van der Waals surface area contributed by atoms with Gasteiger partial charge < -0.3 is 9.47 Å². The molecule has 0 amide bonds. The molecule has 0 saturated carbocycles. The molecular weight excluding hydrogens is 416 g/mol. The molecule has 0 unspecified atom stereocenters. The summed E-state index contributed by atoms with van der Waals surface area (Å²) in [5.41, 5.74) is -0.122. The number of thiophene rings is 1. The van der Waals surface area contributed by atoms with Gasteiger partial charge in [-0.25, -0.2) is 9.36 Å². The molecule has 0 radical (unpaired) electrons. The molecule has 0 atom stereocenters. The lowest BCUT2D eigenvalue weighted by molar-refractivity contribution is 0.0971. The number of para-hydroxylation sites is 1. The number of aromatic nitrogens is 2. The van der Waals surface area contributed by atoms with Crippen molar-refractivity contribution in [1.82, 2.24) is 9.13 Å². The molecular formula is C23H20N2O5S. The zero-order valence-corrected chi connectivity index (χ0v) is 18.1. The Hall–Kier alpha value is -3.65. The summed E-state index contributed by atoms with van der Waals surface area (Å²) < 4.78 is 13.0. The van der Waals surface area contributed by atoms with Gasteiger partial charge in [0.1, 0.15) is 4.83 Å². The van der Waals surface area contributed by atoms with E-state index >= 15 is 0 Å². The molecule has 0 aliphatic heterocycles. The fourth-order valence-electron chi connectivity index (χ4n) is 3.46. The first-order valence-electron chi connectivity index (χ1n) is 9.51. The largest absolute Gasteiger partial charge is 0.493 e. The molecule has 0 fully saturated rings. The van der Waals surface area contributed by atoms with Crippen LogP contribution < -0.4 is 20.7 Å². The lowest BCUT2D eigenvalue weighted by Crippen LogP contribution is -2.39. The van der Waals surface area contributed by atoms with E-state index in [1.807, 2.05) is 6.92 Å². The van der Waals surface area contributed by atoms with E-state index in [4.69, 9.17) is 9.47 Å². The number of Topliss-reactive ketones (excluding diaryl/α,β-unsaturated/α-hetero) is 1. The highest BCUT2D eigenvalue weighted by Gasteiger charge is 2.20. The predicted molar refractivity (Wildman–Crippen MR) is 120 cm³/mol. The van der Waals surface area contributed by atoms with Crippen molar-refractivity contribution in [3.05, 3.63) is 85.9 Å². The van der Waals surface area contributed by atoms with Gasteiger partial charge in [0.2, 0.25) is 0 Å². The van der Waals surface area contributed by atoms with Crippen LogP contribution in [-0.2, 0) is 6.54 Å². The number of aryl methyl sites for hydroxylation is 1. The third-order valence-corrected chi connectivity index (χ3v) is 6.03. The third kappa shape index (κ3) is 3.66. The van der Waals surface area contributed by atoms with Gasteiger partial charge in [-0.2, -0.15) is 0 Å². The maximum atomic E-state index is 13.3. The highest BCUT2D eigenvalue weighted by atomic mass is 32.1. The van der Waals surface area contributed by atoms with E-state index < -0.39 is 11.2 Å². The Kier molecular flexibility index (Phi) is 5.48. The molecule has 8 heteroatoms. The number of nitrogens with zero attached hydrogens (tertiary/aromatic N) is 2. The first-order valence-corrected chi connectivity index (χ1v) is 10.3. The van der Waals surface area contributed by atoms with Gasteiger partial charge in [-0.05, 0) is 43.3 Å². The number of methoxy groups -OCH3 is 2. The van der Waals surface area contributed by atoms with Crippen LogP contribution in [0.4, 0.5) is 0 Å². The Balaban J connectivity index is 1.87. The minimum Gasteiger partial charge on any atom is -0.493 e. The number of hydrogen-bond donors (Lipinski definition) is 0. The Labute approximate surface area is 181 Å². The van der Waals surface area contributed by atoms with E-state index in [-0.39, 0.29) is 12.3 Å². The Morgan fingerprint density at radius 1 is 0.968 bits per heavy atom. The fourth-order valence-corrected chi connectivity index (χ4v) is 4.45. The third-order valence-electron chi connectivity index (χ3n) is 4.96. The van der Waals surface area contributed by atoms with Gasteiger partial charge in [0.25, 0.3) is 5.56 Å². The molecule has 158 valence electrons. The van der Waals surface area contributed by atoms with Gasteiger partial charge in [-0.15, -0.1) is 11.3 Å². The second-order valence-electron chi connectivity index (χ2n) is 6.91. The number of benzene rings is 2. The van der Waals surface area contributed by atoms with Crippen molar-refractivity contribution in [2.24, 2.45) is 0 Å². The summed E-state index contributed by atoms with van der Waals surface area (Å²) >= 11 is 1.31. The van der Waals surface area contributed by atoms with Gasteiger partial charge >= 0.3 is 5.69 Å². The number of ketones is 1. The first-order chi connectivity index (χ1) is 14.9. The Morgan fingerprint density at radius 2 is 1.68 bits per heavy atom. The molecule has 2 aromatic carbocycles. The van der Waals surface area contributed by atoms with Gasteiger partial charge in [0, 0.05) is 10.4 Å². The summed E-state index contributed by atoms with van der Waals surface area (Å²) in [6.45, 7) is 1.65. The summed E-state index contributed by atoms with van der Waals surface area (Å²) in [5, 5.41) is 0.408. The normalized spacial score (nSPS) is 10.9. The number of rotatable bonds is 6. The summed E-state index contributed by atoms with van der Waals surface area (Å²) in [6, 6.07) is 15.3. The molecule has 0 spiro atoms. The van der Waals surface area contributed by atoms with E-state index in [2.05, 4.69) is 0 Å². The maximum absolute atomic E-state index is 13.3. The molecule has 0 aliphatic carbocycles. The smallest absolute Gasteiger partial charge is 0.337 e. The molecule has 0 aliphatic rings. The van der Waals surface area contributed by atoms with E-state index in [0.29, 0.717) is 33.0 Å².